The molecule has 6 heteroatoms. The SMILES string of the molecule is Nc1nc2c(Cl)cccc2n1CCc1ccc(Br)s1. The van der Waals surface area contributed by atoms with E-state index in [0.29, 0.717) is 11.0 Å². The fourth-order valence-corrected chi connectivity index (χ4v) is 3.76. The summed E-state index contributed by atoms with van der Waals surface area (Å²) in [7, 11) is 0. The molecule has 2 N–H and O–H groups in total. The summed E-state index contributed by atoms with van der Waals surface area (Å²) in [6, 6.07) is 9.93. The number of aryl methyl sites for hydroxylation is 2. The van der Waals surface area contributed by atoms with Crippen LogP contribution < -0.4 is 5.73 Å². The first kappa shape index (κ1) is 13.0. The van der Waals surface area contributed by atoms with Crippen molar-refractivity contribution in [2.24, 2.45) is 0 Å². The van der Waals surface area contributed by atoms with Gasteiger partial charge < -0.3 is 10.3 Å². The van der Waals surface area contributed by atoms with Crippen molar-refractivity contribution in [3.05, 3.63) is 44.0 Å². The van der Waals surface area contributed by atoms with Crippen LogP contribution in [-0.2, 0) is 13.0 Å². The first-order chi connectivity index (χ1) is 9.15. The summed E-state index contributed by atoms with van der Waals surface area (Å²) >= 11 is 11.3. The average molecular weight is 357 g/mol. The molecule has 19 heavy (non-hydrogen) atoms. The summed E-state index contributed by atoms with van der Waals surface area (Å²) in [5.74, 6) is 0.513. The lowest BCUT2D eigenvalue weighted by atomic mass is 10.3. The number of hydrogen-bond acceptors (Lipinski definition) is 3. The van der Waals surface area contributed by atoms with Gasteiger partial charge in [0.25, 0.3) is 0 Å². The van der Waals surface area contributed by atoms with Crippen molar-refractivity contribution in [3.8, 4) is 0 Å². The molecule has 98 valence electrons. The molecule has 2 aromatic heterocycles. The van der Waals surface area contributed by atoms with Gasteiger partial charge in [0.15, 0.2) is 0 Å². The molecule has 1 aromatic carbocycles. The van der Waals surface area contributed by atoms with Gasteiger partial charge in [-0.1, -0.05) is 17.7 Å². The summed E-state index contributed by atoms with van der Waals surface area (Å²) in [6.07, 6.45) is 0.929. The Morgan fingerprint density at radius 1 is 1.32 bits per heavy atom. The molecular weight excluding hydrogens is 346 g/mol. The van der Waals surface area contributed by atoms with E-state index in [4.69, 9.17) is 17.3 Å². The molecule has 3 aromatic rings. The topological polar surface area (TPSA) is 43.8 Å². The minimum Gasteiger partial charge on any atom is -0.369 e. The van der Waals surface area contributed by atoms with Crippen LogP contribution in [0.15, 0.2) is 34.1 Å². The van der Waals surface area contributed by atoms with E-state index >= 15 is 0 Å². The summed E-state index contributed by atoms with van der Waals surface area (Å²) in [5.41, 5.74) is 7.74. The Hall–Kier alpha value is -1.04. The van der Waals surface area contributed by atoms with Crippen LogP contribution >= 0.6 is 38.9 Å². The Morgan fingerprint density at radius 3 is 2.89 bits per heavy atom. The lowest BCUT2D eigenvalue weighted by molar-refractivity contribution is 0.733. The highest BCUT2D eigenvalue weighted by Crippen LogP contribution is 2.27. The Balaban J connectivity index is 1.92. The third-order valence-corrected chi connectivity index (χ3v) is 4.96. The lowest BCUT2D eigenvalue weighted by Gasteiger charge is -2.05. The fraction of sp³-hybridized carbons (Fsp3) is 0.154. The summed E-state index contributed by atoms with van der Waals surface area (Å²) in [5, 5.41) is 0.641. The number of imidazole rings is 1. The molecule has 0 unspecified atom stereocenters. The second-order valence-corrected chi connectivity index (χ2v) is 7.14. The van der Waals surface area contributed by atoms with Gasteiger partial charge in [-0.25, -0.2) is 4.98 Å². The Kier molecular flexibility index (Phi) is 3.52. The quantitative estimate of drug-likeness (QED) is 0.758. The van der Waals surface area contributed by atoms with Gasteiger partial charge in [0.05, 0.1) is 14.3 Å². The number of benzene rings is 1. The van der Waals surface area contributed by atoms with E-state index in [0.717, 1.165) is 27.8 Å². The van der Waals surface area contributed by atoms with Gasteiger partial charge in [-0.2, -0.15) is 0 Å². The number of aromatic nitrogens is 2. The van der Waals surface area contributed by atoms with E-state index in [1.807, 2.05) is 22.8 Å². The smallest absolute Gasteiger partial charge is 0.201 e. The molecule has 0 radical (unpaired) electrons. The number of anilines is 1. The molecule has 0 spiro atoms. The van der Waals surface area contributed by atoms with Gasteiger partial charge in [0.2, 0.25) is 5.95 Å². The van der Waals surface area contributed by atoms with Crippen LogP contribution in [0.1, 0.15) is 4.88 Å². The van der Waals surface area contributed by atoms with Crippen molar-refractivity contribution in [1.29, 1.82) is 0 Å². The Morgan fingerprint density at radius 2 is 2.16 bits per heavy atom. The highest BCUT2D eigenvalue weighted by Gasteiger charge is 2.10. The van der Waals surface area contributed by atoms with Crippen molar-refractivity contribution >= 4 is 55.8 Å². The molecule has 0 fully saturated rings. The van der Waals surface area contributed by atoms with Crippen LogP contribution in [-0.4, -0.2) is 9.55 Å². The van der Waals surface area contributed by atoms with E-state index in [2.05, 4.69) is 33.0 Å². The molecule has 2 heterocycles. The fourth-order valence-electron chi connectivity index (χ4n) is 2.07. The second-order valence-electron chi connectivity index (χ2n) is 4.19. The zero-order chi connectivity index (χ0) is 13.4. The lowest BCUT2D eigenvalue weighted by Crippen LogP contribution is -2.04. The molecule has 0 amide bonds. The van der Waals surface area contributed by atoms with Crippen molar-refractivity contribution in [1.82, 2.24) is 9.55 Å². The van der Waals surface area contributed by atoms with Crippen LogP contribution in [0.3, 0.4) is 0 Å². The first-order valence-corrected chi connectivity index (χ1v) is 7.78. The molecule has 0 saturated carbocycles. The number of nitrogens with zero attached hydrogens (tertiary/aromatic N) is 2. The van der Waals surface area contributed by atoms with Crippen molar-refractivity contribution < 1.29 is 0 Å². The number of para-hydroxylation sites is 1. The summed E-state index contributed by atoms with van der Waals surface area (Å²) < 4.78 is 3.16. The number of rotatable bonds is 3. The predicted octanol–water partition coefficient (Wildman–Crippen LogP) is 4.34. The van der Waals surface area contributed by atoms with Crippen LogP contribution in [0, 0.1) is 0 Å². The summed E-state index contributed by atoms with van der Waals surface area (Å²) in [6.45, 7) is 0.801. The van der Waals surface area contributed by atoms with Gasteiger partial charge in [0.1, 0.15) is 5.52 Å². The standard InChI is InChI=1S/C13H11BrClN3S/c14-11-5-4-8(19-11)6-7-18-10-3-1-2-9(15)12(10)17-13(18)16/h1-5H,6-7H2,(H2,16,17). The maximum atomic E-state index is 6.13. The van der Waals surface area contributed by atoms with Gasteiger partial charge >= 0.3 is 0 Å². The van der Waals surface area contributed by atoms with Gasteiger partial charge in [-0.05, 0) is 46.6 Å². The summed E-state index contributed by atoms with van der Waals surface area (Å²) in [4.78, 5) is 5.65. The predicted molar refractivity (Wildman–Crippen MR) is 84.9 cm³/mol. The maximum Gasteiger partial charge on any atom is 0.201 e. The van der Waals surface area contributed by atoms with Gasteiger partial charge in [-0.3, -0.25) is 0 Å². The van der Waals surface area contributed by atoms with E-state index in [9.17, 15) is 0 Å². The third kappa shape index (κ3) is 2.50. The number of halogens is 2. The monoisotopic (exact) mass is 355 g/mol. The van der Waals surface area contributed by atoms with Crippen molar-refractivity contribution in [3.63, 3.8) is 0 Å². The van der Waals surface area contributed by atoms with Gasteiger partial charge in [-0.15, -0.1) is 11.3 Å². The molecule has 0 aliphatic rings. The van der Waals surface area contributed by atoms with Crippen LogP contribution in [0.5, 0.6) is 0 Å². The molecular formula is C13H11BrClN3S. The third-order valence-electron chi connectivity index (χ3n) is 2.97. The molecule has 3 nitrogen and oxygen atoms in total. The highest BCUT2D eigenvalue weighted by atomic mass is 79.9. The molecule has 0 aliphatic carbocycles. The molecule has 0 saturated heterocycles. The molecule has 3 rings (SSSR count). The van der Waals surface area contributed by atoms with E-state index < -0.39 is 0 Å². The molecule has 0 aliphatic heterocycles. The zero-order valence-corrected chi connectivity index (χ0v) is 13.1. The van der Waals surface area contributed by atoms with Crippen LogP contribution in [0.25, 0.3) is 11.0 Å². The minimum absolute atomic E-state index is 0.513. The first-order valence-electron chi connectivity index (χ1n) is 5.79. The Bertz CT molecular complexity index is 735. The Labute approximate surface area is 128 Å². The highest BCUT2D eigenvalue weighted by molar-refractivity contribution is 9.11. The van der Waals surface area contributed by atoms with Crippen LogP contribution in [0.2, 0.25) is 5.02 Å². The van der Waals surface area contributed by atoms with E-state index in [1.165, 1.54) is 4.88 Å². The number of fused-ring (bicyclic) bond motifs is 1. The maximum absolute atomic E-state index is 6.13. The number of nitrogens with two attached hydrogens (primary N) is 1. The largest absolute Gasteiger partial charge is 0.369 e. The van der Waals surface area contributed by atoms with Gasteiger partial charge in [0, 0.05) is 11.4 Å². The molecule has 0 bridgehead atoms. The zero-order valence-electron chi connectivity index (χ0n) is 9.94. The van der Waals surface area contributed by atoms with E-state index in [1.54, 1.807) is 11.3 Å². The average Bonchev–Trinajstić information content (AvgIpc) is 2.92. The number of hydrogen-bond donors (Lipinski definition) is 1. The molecule has 0 atom stereocenters. The normalized spacial score (nSPS) is 11.3. The van der Waals surface area contributed by atoms with Crippen LogP contribution in [0.4, 0.5) is 5.95 Å². The second kappa shape index (κ2) is 5.15. The van der Waals surface area contributed by atoms with E-state index in [-0.39, 0.29) is 0 Å². The number of nitrogen functional groups attached to an aromatic ring is 1. The van der Waals surface area contributed by atoms with Crippen molar-refractivity contribution in [2.45, 2.75) is 13.0 Å². The van der Waals surface area contributed by atoms with Crippen molar-refractivity contribution in [2.75, 3.05) is 5.73 Å². The minimum atomic E-state index is 0.513. The number of thiophene rings is 1.